The lowest BCUT2D eigenvalue weighted by Crippen LogP contribution is -2.55. The number of likely N-dealkylation sites (tertiary alicyclic amines) is 2. The molecule has 12 atom stereocenters. The van der Waals surface area contributed by atoms with Gasteiger partial charge in [-0.1, -0.05) is 20.8 Å². The van der Waals surface area contributed by atoms with Gasteiger partial charge >= 0.3 is 0 Å². The van der Waals surface area contributed by atoms with Gasteiger partial charge in [0.25, 0.3) is 0 Å². The molecular formula is C30H53N3. The van der Waals surface area contributed by atoms with Crippen molar-refractivity contribution in [2.45, 2.75) is 116 Å². The summed E-state index contributed by atoms with van der Waals surface area (Å²) in [6.45, 7) is 11.5. The molecule has 6 fully saturated rings. The number of hydrogen-bond donors (Lipinski definition) is 1. The van der Waals surface area contributed by atoms with Gasteiger partial charge in [0.1, 0.15) is 0 Å². The number of rotatable bonds is 3. The molecule has 0 aromatic heterocycles. The van der Waals surface area contributed by atoms with Gasteiger partial charge in [-0.15, -0.1) is 0 Å². The minimum absolute atomic E-state index is 0.798. The van der Waals surface area contributed by atoms with Crippen LogP contribution in [0.4, 0.5) is 0 Å². The summed E-state index contributed by atoms with van der Waals surface area (Å²) >= 11 is 0. The predicted molar refractivity (Wildman–Crippen MR) is 138 cm³/mol. The summed E-state index contributed by atoms with van der Waals surface area (Å²) in [5.74, 6) is 7.71. The highest BCUT2D eigenvalue weighted by Crippen LogP contribution is 2.52. The minimum atomic E-state index is 0.798. The van der Waals surface area contributed by atoms with Crippen LogP contribution in [0.25, 0.3) is 0 Å². The Morgan fingerprint density at radius 3 is 2.45 bits per heavy atom. The van der Waals surface area contributed by atoms with E-state index in [1.54, 1.807) is 6.42 Å². The molecule has 3 saturated carbocycles. The van der Waals surface area contributed by atoms with Crippen LogP contribution in [0.3, 0.4) is 0 Å². The van der Waals surface area contributed by atoms with Crippen LogP contribution >= 0.6 is 0 Å². The molecule has 188 valence electrons. The van der Waals surface area contributed by atoms with Crippen molar-refractivity contribution in [1.29, 1.82) is 0 Å². The van der Waals surface area contributed by atoms with Gasteiger partial charge in [0.2, 0.25) is 0 Å². The van der Waals surface area contributed by atoms with Crippen LogP contribution < -0.4 is 5.32 Å². The summed E-state index contributed by atoms with van der Waals surface area (Å²) in [4.78, 5) is 5.66. The molecule has 0 aromatic rings. The fourth-order valence-corrected chi connectivity index (χ4v) is 10.7. The maximum atomic E-state index is 4.39. The molecule has 1 N–H and O–H groups in total. The molecule has 33 heavy (non-hydrogen) atoms. The smallest absolute Gasteiger partial charge is 0.0129 e. The molecule has 0 amide bonds. The summed E-state index contributed by atoms with van der Waals surface area (Å²) in [6.07, 6.45) is 16.4. The van der Waals surface area contributed by atoms with Crippen molar-refractivity contribution >= 4 is 0 Å². The topological polar surface area (TPSA) is 18.5 Å². The van der Waals surface area contributed by atoms with E-state index in [4.69, 9.17) is 0 Å². The van der Waals surface area contributed by atoms with Crippen LogP contribution in [0.15, 0.2) is 0 Å². The highest BCUT2D eigenvalue weighted by atomic mass is 15.2. The van der Waals surface area contributed by atoms with Crippen LogP contribution in [0.1, 0.15) is 91.4 Å². The van der Waals surface area contributed by atoms with E-state index in [1.165, 1.54) is 83.8 Å². The lowest BCUT2D eigenvalue weighted by Gasteiger charge is -2.51. The van der Waals surface area contributed by atoms with E-state index in [0.29, 0.717) is 0 Å². The summed E-state index contributed by atoms with van der Waals surface area (Å²) in [5, 5.41) is 4.39. The Balaban J connectivity index is 1.16. The minimum Gasteiger partial charge on any atom is -0.311 e. The van der Waals surface area contributed by atoms with Crippen molar-refractivity contribution in [2.24, 2.45) is 47.3 Å². The molecule has 6 aliphatic rings. The maximum Gasteiger partial charge on any atom is 0.0129 e. The molecule has 3 nitrogen and oxygen atoms in total. The first kappa shape index (κ1) is 23.3. The van der Waals surface area contributed by atoms with Crippen molar-refractivity contribution in [2.75, 3.05) is 26.7 Å². The molecule has 6 rings (SSSR count). The third-order valence-electron chi connectivity index (χ3n) is 12.0. The molecule has 2 bridgehead atoms. The Kier molecular flexibility index (Phi) is 6.63. The van der Waals surface area contributed by atoms with E-state index < -0.39 is 0 Å². The molecule has 3 heterocycles. The highest BCUT2D eigenvalue weighted by molar-refractivity contribution is 5.04. The third-order valence-corrected chi connectivity index (χ3v) is 12.0. The standard InChI is InChI=1S/C30H53N3/c1-5-33-10-6-7-26-21(11-20(3)14-30(26)33)15-24-8-9-25-23-16-27-22(17-28(25)31-24)12-19(2)13-29(27)32(4)18-23/h19-31H,5-18H2,1-4H3/t19-,20+,21-,22+,23-,24+,25-,26+,27-,28+,29+,30-/m1/s1. The first-order chi connectivity index (χ1) is 16.0. The van der Waals surface area contributed by atoms with Gasteiger partial charge in [0.05, 0.1) is 0 Å². The van der Waals surface area contributed by atoms with E-state index in [1.807, 2.05) is 0 Å². The number of hydrogen-bond acceptors (Lipinski definition) is 3. The second kappa shape index (κ2) is 9.40. The number of fused-ring (bicyclic) bond motifs is 4. The van der Waals surface area contributed by atoms with Crippen molar-refractivity contribution in [3.05, 3.63) is 0 Å². The summed E-state index contributed by atoms with van der Waals surface area (Å²) in [6, 6.07) is 3.39. The lowest BCUT2D eigenvalue weighted by molar-refractivity contribution is -0.00636. The van der Waals surface area contributed by atoms with Crippen molar-refractivity contribution in [1.82, 2.24) is 15.1 Å². The van der Waals surface area contributed by atoms with Crippen LogP contribution in [-0.4, -0.2) is 60.6 Å². The molecule has 3 saturated heterocycles. The Bertz CT molecular complexity index is 679. The molecule has 3 aliphatic carbocycles. The van der Waals surface area contributed by atoms with Gasteiger partial charge < -0.3 is 15.1 Å². The van der Waals surface area contributed by atoms with Gasteiger partial charge in [0, 0.05) is 30.7 Å². The van der Waals surface area contributed by atoms with E-state index in [2.05, 4.69) is 42.9 Å². The molecule has 0 spiro atoms. The quantitative estimate of drug-likeness (QED) is 0.593. The Morgan fingerprint density at radius 2 is 1.61 bits per heavy atom. The fraction of sp³-hybridized carbons (Fsp3) is 1.00. The zero-order valence-electron chi connectivity index (χ0n) is 22.2. The van der Waals surface area contributed by atoms with Gasteiger partial charge in [-0.05, 0) is 138 Å². The zero-order chi connectivity index (χ0) is 22.7. The van der Waals surface area contributed by atoms with Crippen LogP contribution in [0.2, 0.25) is 0 Å². The highest BCUT2D eigenvalue weighted by Gasteiger charge is 2.50. The van der Waals surface area contributed by atoms with Gasteiger partial charge in [-0.2, -0.15) is 0 Å². The summed E-state index contributed by atoms with van der Waals surface area (Å²) < 4.78 is 0. The van der Waals surface area contributed by atoms with Crippen molar-refractivity contribution in [3.63, 3.8) is 0 Å². The normalized spacial score (nSPS) is 53.1. The molecule has 3 aliphatic heterocycles. The average molecular weight is 456 g/mol. The number of piperidine rings is 3. The van der Waals surface area contributed by atoms with Gasteiger partial charge in [0.15, 0.2) is 0 Å². The lowest BCUT2D eigenvalue weighted by atomic mass is 9.65. The SMILES string of the molecule is CCN1CCC[C@H]2[C@@H](C[C@@H]3CC[C@@H]4[C@@H]5C[C@@H]6[C@@H](C[C@@H](C)C[C@@H]6N(C)C5)C[C@@H]4N3)C[C@H](C)C[C@H]21. The van der Waals surface area contributed by atoms with E-state index in [0.717, 1.165) is 71.5 Å². The second-order valence-electron chi connectivity index (χ2n) is 14.0. The monoisotopic (exact) mass is 455 g/mol. The van der Waals surface area contributed by atoms with E-state index in [-0.39, 0.29) is 0 Å². The fourth-order valence-electron chi connectivity index (χ4n) is 10.7. The van der Waals surface area contributed by atoms with Crippen molar-refractivity contribution < 1.29 is 0 Å². The number of nitrogens with one attached hydrogen (secondary N) is 1. The van der Waals surface area contributed by atoms with Crippen LogP contribution in [0, 0.1) is 47.3 Å². The average Bonchev–Trinajstić information content (AvgIpc) is 2.92. The van der Waals surface area contributed by atoms with Gasteiger partial charge in [-0.3, -0.25) is 0 Å². The largest absolute Gasteiger partial charge is 0.311 e. The van der Waals surface area contributed by atoms with E-state index >= 15 is 0 Å². The molecule has 3 heteroatoms. The second-order valence-corrected chi connectivity index (χ2v) is 14.0. The van der Waals surface area contributed by atoms with E-state index in [9.17, 15) is 0 Å². The first-order valence-electron chi connectivity index (χ1n) is 15.2. The van der Waals surface area contributed by atoms with Crippen LogP contribution in [-0.2, 0) is 0 Å². The Labute approximate surface area is 204 Å². The Hall–Kier alpha value is -0.120. The molecule has 0 unspecified atom stereocenters. The molecule has 0 radical (unpaired) electrons. The maximum absolute atomic E-state index is 4.39. The van der Waals surface area contributed by atoms with Gasteiger partial charge in [-0.25, -0.2) is 0 Å². The molecular weight excluding hydrogens is 402 g/mol. The zero-order valence-corrected chi connectivity index (χ0v) is 22.2. The van der Waals surface area contributed by atoms with Crippen LogP contribution in [0.5, 0.6) is 0 Å². The molecule has 0 aromatic carbocycles. The van der Waals surface area contributed by atoms with Crippen molar-refractivity contribution in [3.8, 4) is 0 Å². The summed E-state index contributed by atoms with van der Waals surface area (Å²) in [7, 11) is 2.46. The summed E-state index contributed by atoms with van der Waals surface area (Å²) in [5.41, 5.74) is 0. The predicted octanol–water partition coefficient (Wildman–Crippen LogP) is 5.65. The third kappa shape index (κ3) is 4.35. The number of nitrogens with zero attached hydrogens (tertiary/aromatic N) is 2. The first-order valence-corrected chi connectivity index (χ1v) is 15.2. The Morgan fingerprint density at radius 1 is 0.788 bits per heavy atom.